The molecular formula is C17H24N4OS. The molecule has 0 spiro atoms. The van der Waals surface area contributed by atoms with Crippen LogP contribution in [0.5, 0.6) is 0 Å². The molecule has 1 fully saturated rings. The molecule has 0 unspecified atom stereocenters. The molecule has 5 nitrogen and oxygen atoms in total. The number of aryl methyl sites for hydroxylation is 1. The molecule has 1 aliphatic heterocycles. The van der Waals surface area contributed by atoms with E-state index in [2.05, 4.69) is 27.1 Å². The van der Waals surface area contributed by atoms with Crippen molar-refractivity contribution in [2.45, 2.75) is 46.6 Å². The number of nitrogens with one attached hydrogen (secondary N) is 1. The van der Waals surface area contributed by atoms with Gasteiger partial charge in [-0.05, 0) is 45.1 Å². The fourth-order valence-electron chi connectivity index (χ4n) is 3.06. The first-order valence-corrected chi connectivity index (χ1v) is 9.09. The highest BCUT2D eigenvalue weighted by atomic mass is 32.1. The Bertz CT molecular complexity index is 717. The van der Waals surface area contributed by atoms with Gasteiger partial charge in [-0.15, -0.1) is 11.3 Å². The van der Waals surface area contributed by atoms with Gasteiger partial charge in [-0.2, -0.15) is 0 Å². The van der Waals surface area contributed by atoms with Gasteiger partial charge in [0.2, 0.25) is 0 Å². The summed E-state index contributed by atoms with van der Waals surface area (Å²) in [4.78, 5) is 25.3. The lowest BCUT2D eigenvalue weighted by molar-refractivity contribution is 0.0947. The van der Waals surface area contributed by atoms with Gasteiger partial charge in [0.1, 0.15) is 17.0 Å². The van der Waals surface area contributed by atoms with E-state index in [9.17, 15) is 4.79 Å². The molecule has 0 atom stereocenters. The Hall–Kier alpha value is -1.69. The molecule has 1 N–H and O–H groups in total. The molecule has 2 aromatic heterocycles. The molecule has 1 amide bonds. The smallest absolute Gasteiger partial charge is 0.261 e. The van der Waals surface area contributed by atoms with E-state index in [1.165, 1.54) is 24.2 Å². The van der Waals surface area contributed by atoms with Crippen LogP contribution in [0.1, 0.15) is 48.8 Å². The summed E-state index contributed by atoms with van der Waals surface area (Å²) in [5.41, 5.74) is 0.998. The Labute approximate surface area is 141 Å². The van der Waals surface area contributed by atoms with Crippen molar-refractivity contribution in [2.24, 2.45) is 5.92 Å². The van der Waals surface area contributed by atoms with Crippen LogP contribution in [0.4, 0.5) is 5.82 Å². The second-order valence-corrected chi connectivity index (χ2v) is 7.73. The molecule has 0 aliphatic carbocycles. The number of anilines is 1. The Kier molecular flexibility index (Phi) is 4.53. The van der Waals surface area contributed by atoms with Gasteiger partial charge >= 0.3 is 0 Å². The standard InChI is InChI=1S/C17H24N4OS/c1-10(2)20-16(22)14-12(4)13-15(18-9-19-17(13)23-14)21-7-5-11(3)6-8-21/h9-11H,5-8H2,1-4H3,(H,20,22). The predicted molar refractivity (Wildman–Crippen MR) is 95.4 cm³/mol. The fourth-order valence-corrected chi connectivity index (χ4v) is 4.10. The maximum atomic E-state index is 12.4. The van der Waals surface area contributed by atoms with Gasteiger partial charge in [0.15, 0.2) is 0 Å². The first kappa shape index (κ1) is 16.2. The summed E-state index contributed by atoms with van der Waals surface area (Å²) in [7, 11) is 0. The summed E-state index contributed by atoms with van der Waals surface area (Å²) < 4.78 is 0. The molecule has 3 rings (SSSR count). The number of nitrogens with zero attached hydrogens (tertiary/aromatic N) is 3. The molecule has 124 valence electrons. The van der Waals surface area contributed by atoms with Crippen molar-refractivity contribution in [3.63, 3.8) is 0 Å². The minimum Gasteiger partial charge on any atom is -0.356 e. The van der Waals surface area contributed by atoms with Crippen molar-refractivity contribution in [3.05, 3.63) is 16.8 Å². The summed E-state index contributed by atoms with van der Waals surface area (Å²) in [5, 5.41) is 4.02. The largest absolute Gasteiger partial charge is 0.356 e. The van der Waals surface area contributed by atoms with Crippen molar-refractivity contribution >= 4 is 33.3 Å². The van der Waals surface area contributed by atoms with Gasteiger partial charge in [0, 0.05) is 19.1 Å². The summed E-state index contributed by atoms with van der Waals surface area (Å²) in [5.74, 6) is 1.75. The Balaban J connectivity index is 2.00. The van der Waals surface area contributed by atoms with E-state index in [1.807, 2.05) is 20.8 Å². The van der Waals surface area contributed by atoms with Gasteiger partial charge in [0.25, 0.3) is 5.91 Å². The number of amides is 1. The topological polar surface area (TPSA) is 58.1 Å². The quantitative estimate of drug-likeness (QED) is 0.936. The van der Waals surface area contributed by atoms with Crippen molar-refractivity contribution in [1.82, 2.24) is 15.3 Å². The van der Waals surface area contributed by atoms with E-state index in [4.69, 9.17) is 0 Å². The van der Waals surface area contributed by atoms with Crippen LogP contribution in [0.25, 0.3) is 10.2 Å². The average molecular weight is 332 g/mol. The second kappa shape index (κ2) is 6.43. The zero-order chi connectivity index (χ0) is 16.6. The molecule has 6 heteroatoms. The number of carbonyl (C=O) groups is 1. The number of rotatable bonds is 3. The zero-order valence-electron chi connectivity index (χ0n) is 14.2. The van der Waals surface area contributed by atoms with E-state index in [0.29, 0.717) is 0 Å². The first-order chi connectivity index (χ1) is 11.0. The maximum Gasteiger partial charge on any atom is 0.261 e. The van der Waals surface area contributed by atoms with Crippen LogP contribution in [0, 0.1) is 12.8 Å². The average Bonchev–Trinajstić information content (AvgIpc) is 2.85. The number of piperidine rings is 1. The minimum atomic E-state index is -0.0151. The summed E-state index contributed by atoms with van der Waals surface area (Å²) >= 11 is 1.46. The molecule has 0 bridgehead atoms. The Morgan fingerprint density at radius 1 is 1.35 bits per heavy atom. The van der Waals surface area contributed by atoms with Gasteiger partial charge in [-0.1, -0.05) is 6.92 Å². The van der Waals surface area contributed by atoms with Crippen molar-refractivity contribution < 1.29 is 4.79 Å². The second-order valence-electron chi connectivity index (χ2n) is 6.73. The molecule has 0 saturated carbocycles. The monoisotopic (exact) mass is 332 g/mol. The number of aromatic nitrogens is 2. The highest BCUT2D eigenvalue weighted by Gasteiger charge is 2.24. The SMILES string of the molecule is Cc1c(C(=O)NC(C)C)sc2ncnc(N3CCC(C)CC3)c12. The van der Waals surface area contributed by atoms with Crippen LogP contribution in [0.3, 0.4) is 0 Å². The van der Waals surface area contributed by atoms with Crippen LogP contribution in [0.15, 0.2) is 6.33 Å². The Morgan fingerprint density at radius 3 is 2.70 bits per heavy atom. The number of carbonyl (C=O) groups excluding carboxylic acids is 1. The van der Waals surface area contributed by atoms with E-state index in [-0.39, 0.29) is 11.9 Å². The number of hydrogen-bond donors (Lipinski definition) is 1. The third-order valence-corrected chi connectivity index (χ3v) is 5.61. The lowest BCUT2D eigenvalue weighted by Crippen LogP contribution is -2.33. The molecule has 0 aromatic carbocycles. The fraction of sp³-hybridized carbons (Fsp3) is 0.588. The van der Waals surface area contributed by atoms with Crippen LogP contribution in [0.2, 0.25) is 0 Å². The van der Waals surface area contributed by atoms with Crippen molar-refractivity contribution in [3.8, 4) is 0 Å². The Morgan fingerprint density at radius 2 is 2.04 bits per heavy atom. The lowest BCUT2D eigenvalue weighted by Gasteiger charge is -2.31. The lowest BCUT2D eigenvalue weighted by atomic mass is 9.99. The van der Waals surface area contributed by atoms with E-state index in [0.717, 1.165) is 45.5 Å². The van der Waals surface area contributed by atoms with E-state index in [1.54, 1.807) is 6.33 Å². The molecule has 0 radical (unpaired) electrons. The van der Waals surface area contributed by atoms with Gasteiger partial charge in [-0.25, -0.2) is 9.97 Å². The van der Waals surface area contributed by atoms with Gasteiger partial charge in [-0.3, -0.25) is 4.79 Å². The third-order valence-electron chi connectivity index (χ3n) is 4.42. The normalized spacial score (nSPS) is 16.3. The van der Waals surface area contributed by atoms with Crippen LogP contribution in [-0.2, 0) is 0 Å². The van der Waals surface area contributed by atoms with Crippen LogP contribution in [-0.4, -0.2) is 35.0 Å². The third kappa shape index (κ3) is 3.17. The highest BCUT2D eigenvalue weighted by molar-refractivity contribution is 7.20. The zero-order valence-corrected chi connectivity index (χ0v) is 15.0. The summed E-state index contributed by atoms with van der Waals surface area (Å²) in [6.45, 7) is 10.3. The maximum absolute atomic E-state index is 12.4. The summed E-state index contributed by atoms with van der Waals surface area (Å²) in [6.07, 6.45) is 4.00. The number of thiophene rings is 1. The van der Waals surface area contributed by atoms with Gasteiger partial charge < -0.3 is 10.2 Å². The number of hydrogen-bond acceptors (Lipinski definition) is 5. The van der Waals surface area contributed by atoms with Crippen molar-refractivity contribution in [1.29, 1.82) is 0 Å². The molecular weight excluding hydrogens is 308 g/mol. The van der Waals surface area contributed by atoms with Crippen LogP contribution >= 0.6 is 11.3 Å². The molecule has 23 heavy (non-hydrogen) atoms. The molecule has 2 aromatic rings. The minimum absolute atomic E-state index is 0.0151. The summed E-state index contributed by atoms with van der Waals surface area (Å²) in [6, 6.07) is 0.126. The number of fused-ring (bicyclic) bond motifs is 1. The van der Waals surface area contributed by atoms with E-state index >= 15 is 0 Å². The van der Waals surface area contributed by atoms with Gasteiger partial charge in [0.05, 0.1) is 10.3 Å². The molecule has 3 heterocycles. The molecule has 1 aliphatic rings. The molecule has 1 saturated heterocycles. The van der Waals surface area contributed by atoms with E-state index < -0.39 is 0 Å². The highest BCUT2D eigenvalue weighted by Crippen LogP contribution is 2.36. The predicted octanol–water partition coefficient (Wildman–Crippen LogP) is 3.37. The first-order valence-electron chi connectivity index (χ1n) is 8.27. The van der Waals surface area contributed by atoms with Crippen molar-refractivity contribution in [2.75, 3.05) is 18.0 Å². The van der Waals surface area contributed by atoms with Crippen LogP contribution < -0.4 is 10.2 Å².